The van der Waals surface area contributed by atoms with Gasteiger partial charge in [0, 0.05) is 59.9 Å². The van der Waals surface area contributed by atoms with Gasteiger partial charge in [-0.3, -0.25) is 9.20 Å². The summed E-state index contributed by atoms with van der Waals surface area (Å²) in [4.78, 5) is 28.5. The summed E-state index contributed by atoms with van der Waals surface area (Å²) in [5.41, 5.74) is 4.67. The summed E-state index contributed by atoms with van der Waals surface area (Å²) in [6, 6.07) is 9.41. The van der Waals surface area contributed by atoms with Crippen molar-refractivity contribution >= 4 is 68.8 Å². The van der Waals surface area contributed by atoms with Gasteiger partial charge in [0.15, 0.2) is 5.65 Å². The standard InChI is InChI=1S/C30H27Cl2N7O3/c1-4-24(40)35-21-14-18(38-10-5-6-11-38)7-8-20(21)36-30-34-16-17-13-19(29-33-9-12-39(29)28(17)37-30)25-26(31)22(41-2)15-23(42-3)27(25)32/h4,7-9,12-16H,1,5-6,10-11H2,2-3H3,(H,35,40)(H,34,36,37). The fourth-order valence-corrected chi connectivity index (χ4v) is 5.86. The number of anilines is 4. The zero-order chi connectivity index (χ0) is 29.4. The highest BCUT2D eigenvalue weighted by Crippen LogP contribution is 2.47. The molecule has 1 fully saturated rings. The Hall–Kier alpha value is -4.54. The van der Waals surface area contributed by atoms with Crippen molar-refractivity contribution in [3.05, 3.63) is 71.6 Å². The number of hydrogen-bond acceptors (Lipinski definition) is 8. The van der Waals surface area contributed by atoms with Gasteiger partial charge in [0.05, 0.1) is 35.6 Å². The third-order valence-electron chi connectivity index (χ3n) is 7.21. The molecular formula is C30H27Cl2N7O3. The largest absolute Gasteiger partial charge is 0.495 e. The molecule has 4 heterocycles. The number of nitrogens with one attached hydrogen (secondary N) is 2. The lowest BCUT2D eigenvalue weighted by molar-refractivity contribution is -0.111. The Balaban J connectivity index is 1.43. The lowest BCUT2D eigenvalue weighted by Gasteiger charge is -2.20. The number of ether oxygens (including phenoxy) is 2. The fraction of sp³-hybridized carbons (Fsp3) is 0.200. The summed E-state index contributed by atoms with van der Waals surface area (Å²) in [7, 11) is 3.06. The van der Waals surface area contributed by atoms with Crippen LogP contribution in [0.15, 0.2) is 61.6 Å². The van der Waals surface area contributed by atoms with E-state index in [2.05, 4.69) is 32.1 Å². The molecule has 0 spiro atoms. The molecule has 6 rings (SSSR count). The topological polar surface area (TPSA) is 106 Å². The van der Waals surface area contributed by atoms with E-state index >= 15 is 0 Å². The molecule has 0 atom stereocenters. The molecule has 12 heteroatoms. The van der Waals surface area contributed by atoms with Gasteiger partial charge in [-0.25, -0.2) is 9.97 Å². The van der Waals surface area contributed by atoms with Gasteiger partial charge in [-0.05, 0) is 43.2 Å². The highest BCUT2D eigenvalue weighted by molar-refractivity contribution is 6.41. The summed E-state index contributed by atoms with van der Waals surface area (Å²) in [6.07, 6.45) is 8.71. The van der Waals surface area contributed by atoms with E-state index in [0.29, 0.717) is 61.3 Å². The van der Waals surface area contributed by atoms with E-state index in [1.54, 1.807) is 24.7 Å². The van der Waals surface area contributed by atoms with E-state index in [1.807, 2.05) is 28.7 Å². The Morgan fingerprint density at radius 3 is 2.43 bits per heavy atom. The molecule has 214 valence electrons. The highest BCUT2D eigenvalue weighted by atomic mass is 35.5. The second kappa shape index (κ2) is 11.4. The third-order valence-corrected chi connectivity index (χ3v) is 7.96. The van der Waals surface area contributed by atoms with Crippen molar-refractivity contribution in [2.24, 2.45) is 0 Å². The molecule has 5 aromatic rings. The Morgan fingerprint density at radius 2 is 1.74 bits per heavy atom. The van der Waals surface area contributed by atoms with Crippen molar-refractivity contribution in [1.29, 1.82) is 0 Å². The average molecular weight is 604 g/mol. The Morgan fingerprint density at radius 1 is 1.00 bits per heavy atom. The molecule has 2 aromatic carbocycles. The van der Waals surface area contributed by atoms with Gasteiger partial charge in [-0.1, -0.05) is 29.8 Å². The molecule has 0 aliphatic carbocycles. The predicted molar refractivity (Wildman–Crippen MR) is 167 cm³/mol. The first-order valence-corrected chi connectivity index (χ1v) is 14.0. The molecule has 2 N–H and O–H groups in total. The van der Waals surface area contributed by atoms with Gasteiger partial charge in [0.1, 0.15) is 17.1 Å². The van der Waals surface area contributed by atoms with Crippen LogP contribution in [0.2, 0.25) is 10.0 Å². The van der Waals surface area contributed by atoms with Crippen LogP contribution in [-0.2, 0) is 4.79 Å². The number of rotatable bonds is 8. The number of aromatic nitrogens is 4. The maximum absolute atomic E-state index is 12.2. The normalized spacial score (nSPS) is 13.0. The maximum atomic E-state index is 12.2. The molecule has 1 aliphatic rings. The van der Waals surface area contributed by atoms with Gasteiger partial charge in [0.25, 0.3) is 0 Å². The molecule has 0 saturated carbocycles. The van der Waals surface area contributed by atoms with E-state index in [-0.39, 0.29) is 5.91 Å². The number of pyridine rings is 1. The molecule has 1 amide bonds. The van der Waals surface area contributed by atoms with E-state index < -0.39 is 0 Å². The average Bonchev–Trinajstić information content (AvgIpc) is 3.72. The molecule has 1 saturated heterocycles. The summed E-state index contributed by atoms with van der Waals surface area (Å²) in [6.45, 7) is 5.55. The summed E-state index contributed by atoms with van der Waals surface area (Å²) >= 11 is 13.5. The third kappa shape index (κ3) is 4.93. The van der Waals surface area contributed by atoms with Gasteiger partial charge < -0.3 is 25.0 Å². The monoisotopic (exact) mass is 603 g/mol. The first-order chi connectivity index (χ1) is 20.4. The van der Waals surface area contributed by atoms with E-state index in [4.69, 9.17) is 37.7 Å². The Kier molecular flexibility index (Phi) is 7.49. The zero-order valence-electron chi connectivity index (χ0n) is 22.9. The second-order valence-electron chi connectivity index (χ2n) is 9.68. The lowest BCUT2D eigenvalue weighted by Crippen LogP contribution is -2.18. The van der Waals surface area contributed by atoms with Crippen LogP contribution in [0, 0.1) is 0 Å². The number of halogens is 2. The number of carbonyl (C=O) groups excluding carboxylic acids is 1. The quantitative estimate of drug-likeness (QED) is 0.188. The number of amides is 1. The maximum Gasteiger partial charge on any atom is 0.247 e. The molecular weight excluding hydrogens is 577 g/mol. The number of imidazole rings is 1. The second-order valence-corrected chi connectivity index (χ2v) is 10.4. The number of hydrogen-bond donors (Lipinski definition) is 2. The van der Waals surface area contributed by atoms with Crippen molar-refractivity contribution in [2.75, 3.05) is 42.8 Å². The van der Waals surface area contributed by atoms with Gasteiger partial charge in [0.2, 0.25) is 11.9 Å². The van der Waals surface area contributed by atoms with Gasteiger partial charge in [-0.15, -0.1) is 0 Å². The molecule has 1 aliphatic heterocycles. The molecule has 10 nitrogen and oxygen atoms in total. The van der Waals surface area contributed by atoms with Crippen molar-refractivity contribution in [3.63, 3.8) is 0 Å². The van der Waals surface area contributed by atoms with Gasteiger partial charge >= 0.3 is 0 Å². The molecule has 0 bridgehead atoms. The van der Waals surface area contributed by atoms with Crippen LogP contribution in [0.1, 0.15) is 12.8 Å². The smallest absolute Gasteiger partial charge is 0.247 e. The molecule has 3 aromatic heterocycles. The zero-order valence-corrected chi connectivity index (χ0v) is 24.5. The van der Waals surface area contributed by atoms with Crippen molar-refractivity contribution in [1.82, 2.24) is 19.4 Å². The van der Waals surface area contributed by atoms with Crippen LogP contribution in [0.3, 0.4) is 0 Å². The predicted octanol–water partition coefficient (Wildman–Crippen LogP) is 6.74. The van der Waals surface area contributed by atoms with E-state index in [1.165, 1.54) is 20.3 Å². The van der Waals surface area contributed by atoms with Crippen LogP contribution in [-0.4, -0.2) is 52.6 Å². The van der Waals surface area contributed by atoms with Crippen molar-refractivity contribution in [3.8, 4) is 22.6 Å². The minimum absolute atomic E-state index is 0.310. The van der Waals surface area contributed by atoms with E-state index in [0.717, 1.165) is 37.0 Å². The van der Waals surface area contributed by atoms with Crippen molar-refractivity contribution in [2.45, 2.75) is 12.8 Å². The molecule has 0 radical (unpaired) electrons. The Labute approximate surface area is 251 Å². The Bertz CT molecular complexity index is 1820. The fourth-order valence-electron chi connectivity index (χ4n) is 5.16. The lowest BCUT2D eigenvalue weighted by atomic mass is 10.0. The van der Waals surface area contributed by atoms with Crippen molar-refractivity contribution < 1.29 is 14.3 Å². The van der Waals surface area contributed by atoms with E-state index in [9.17, 15) is 4.79 Å². The number of methoxy groups -OCH3 is 2. The number of carbonyl (C=O) groups is 1. The van der Waals surface area contributed by atoms with Crippen LogP contribution >= 0.6 is 23.2 Å². The number of fused-ring (bicyclic) bond motifs is 3. The number of nitrogens with zero attached hydrogens (tertiary/aromatic N) is 5. The first-order valence-electron chi connectivity index (χ1n) is 13.2. The minimum atomic E-state index is -0.310. The summed E-state index contributed by atoms with van der Waals surface area (Å²) < 4.78 is 12.8. The highest BCUT2D eigenvalue weighted by Gasteiger charge is 2.23. The summed E-state index contributed by atoms with van der Waals surface area (Å²) in [5.74, 6) is 0.870. The molecule has 0 unspecified atom stereocenters. The summed E-state index contributed by atoms with van der Waals surface area (Å²) in [5, 5.41) is 7.55. The number of benzene rings is 2. The van der Waals surface area contributed by atoms with Crippen LogP contribution < -0.4 is 25.0 Å². The van der Waals surface area contributed by atoms with Crippen LogP contribution in [0.25, 0.3) is 27.8 Å². The van der Waals surface area contributed by atoms with Crippen LogP contribution in [0.4, 0.5) is 23.0 Å². The first kappa shape index (κ1) is 27.6. The van der Waals surface area contributed by atoms with Crippen LogP contribution in [0.5, 0.6) is 11.5 Å². The minimum Gasteiger partial charge on any atom is -0.495 e. The SMILES string of the molecule is C=CC(=O)Nc1cc(N2CCCC2)ccc1Nc1ncc2cc(-c3c(Cl)c(OC)cc(OC)c3Cl)c3nccn3c2n1. The molecule has 42 heavy (non-hydrogen) atoms. The van der Waals surface area contributed by atoms with Gasteiger partial charge in [-0.2, -0.15) is 4.98 Å².